The molecule has 0 amide bonds. The van der Waals surface area contributed by atoms with E-state index in [-0.39, 0.29) is 50.3 Å². The predicted molar refractivity (Wildman–Crippen MR) is 112 cm³/mol. The number of hydrogen-bond donors (Lipinski definition) is 2. The van der Waals surface area contributed by atoms with Crippen LogP contribution in [0.2, 0.25) is 0 Å². The SMILES string of the molecule is CC(C)C1=CC2=CCC3[C@](CO)(C(=O)OCCOCCO)CCC[C@]3(C)[C@H]2CC1. The van der Waals surface area contributed by atoms with Crippen LogP contribution in [0.25, 0.3) is 0 Å². The Kier molecular flexibility index (Phi) is 7.23. The van der Waals surface area contributed by atoms with Crippen molar-refractivity contribution in [2.75, 3.05) is 33.0 Å². The van der Waals surface area contributed by atoms with Crippen molar-refractivity contribution in [3.63, 3.8) is 0 Å². The lowest BCUT2D eigenvalue weighted by molar-refractivity contribution is -0.178. The second-order valence-corrected chi connectivity index (χ2v) is 9.60. The van der Waals surface area contributed by atoms with Gasteiger partial charge in [0.05, 0.1) is 31.8 Å². The van der Waals surface area contributed by atoms with Crippen molar-refractivity contribution in [2.24, 2.45) is 28.6 Å². The molecule has 29 heavy (non-hydrogen) atoms. The molecule has 0 aromatic heterocycles. The van der Waals surface area contributed by atoms with Gasteiger partial charge in [-0.3, -0.25) is 4.79 Å². The molecule has 1 fully saturated rings. The van der Waals surface area contributed by atoms with E-state index in [9.17, 15) is 9.90 Å². The Hall–Kier alpha value is -1.17. The Bertz CT molecular complexity index is 652. The number of ether oxygens (including phenoxy) is 2. The first-order valence-electron chi connectivity index (χ1n) is 11.3. The van der Waals surface area contributed by atoms with Crippen molar-refractivity contribution in [3.05, 3.63) is 23.3 Å². The molecule has 164 valence electrons. The van der Waals surface area contributed by atoms with Crippen molar-refractivity contribution >= 4 is 5.97 Å². The summed E-state index contributed by atoms with van der Waals surface area (Å²) in [5, 5.41) is 19.2. The lowest BCUT2D eigenvalue weighted by Crippen LogP contribution is -2.56. The van der Waals surface area contributed by atoms with Crippen molar-refractivity contribution in [2.45, 2.75) is 59.3 Å². The van der Waals surface area contributed by atoms with Gasteiger partial charge in [-0.1, -0.05) is 44.9 Å². The Balaban J connectivity index is 1.81. The van der Waals surface area contributed by atoms with Gasteiger partial charge in [-0.2, -0.15) is 0 Å². The van der Waals surface area contributed by atoms with Gasteiger partial charge in [0.25, 0.3) is 0 Å². The van der Waals surface area contributed by atoms with Gasteiger partial charge in [0.1, 0.15) is 6.61 Å². The van der Waals surface area contributed by atoms with E-state index in [4.69, 9.17) is 14.6 Å². The van der Waals surface area contributed by atoms with E-state index >= 15 is 0 Å². The van der Waals surface area contributed by atoms with Crippen molar-refractivity contribution in [1.82, 2.24) is 0 Å². The fourth-order valence-corrected chi connectivity index (χ4v) is 6.16. The van der Waals surface area contributed by atoms with Gasteiger partial charge in [0.15, 0.2) is 0 Å². The minimum atomic E-state index is -0.825. The number of fused-ring (bicyclic) bond motifs is 3. The molecule has 5 heteroatoms. The first-order chi connectivity index (χ1) is 13.9. The van der Waals surface area contributed by atoms with E-state index in [1.807, 2.05) is 0 Å². The summed E-state index contributed by atoms with van der Waals surface area (Å²) in [6.45, 7) is 7.33. The maximum atomic E-state index is 13.2. The van der Waals surface area contributed by atoms with Crippen LogP contribution in [0.3, 0.4) is 0 Å². The van der Waals surface area contributed by atoms with Crippen LogP contribution in [-0.4, -0.2) is 49.2 Å². The average Bonchev–Trinajstić information content (AvgIpc) is 2.72. The van der Waals surface area contributed by atoms with Gasteiger partial charge in [0, 0.05) is 0 Å². The van der Waals surface area contributed by atoms with Gasteiger partial charge >= 0.3 is 5.97 Å². The number of esters is 1. The molecule has 0 radical (unpaired) electrons. The fourth-order valence-electron chi connectivity index (χ4n) is 6.16. The van der Waals surface area contributed by atoms with Crippen LogP contribution < -0.4 is 0 Å². The molecule has 5 nitrogen and oxygen atoms in total. The standard InChI is InChI=1S/C24H38O5/c1-17(2)18-5-7-20-19(15-18)6-8-21-23(20,3)9-4-10-24(21,16-26)22(27)29-14-13-28-12-11-25/h6,15,17,20-21,25-26H,4-5,7-14,16H2,1-3H3/t20-,21?,23+,24-/m0/s1. The Morgan fingerprint density at radius 3 is 2.72 bits per heavy atom. The Morgan fingerprint density at radius 2 is 2.03 bits per heavy atom. The summed E-state index contributed by atoms with van der Waals surface area (Å²) in [6.07, 6.45) is 10.5. The largest absolute Gasteiger partial charge is 0.463 e. The molecule has 3 rings (SSSR count). The summed E-state index contributed by atoms with van der Waals surface area (Å²) in [5.74, 6) is 0.848. The fraction of sp³-hybridized carbons (Fsp3) is 0.792. The number of rotatable bonds is 8. The molecule has 0 aromatic rings. The molecule has 2 N–H and O–H groups in total. The third-order valence-corrected chi connectivity index (χ3v) is 7.79. The van der Waals surface area contributed by atoms with E-state index < -0.39 is 5.41 Å². The van der Waals surface area contributed by atoms with E-state index in [1.165, 1.54) is 11.1 Å². The molecular weight excluding hydrogens is 368 g/mol. The van der Waals surface area contributed by atoms with Gasteiger partial charge in [0.2, 0.25) is 0 Å². The van der Waals surface area contributed by atoms with Crippen molar-refractivity contribution < 1.29 is 24.5 Å². The lowest BCUT2D eigenvalue weighted by atomic mass is 9.46. The van der Waals surface area contributed by atoms with E-state index in [0.717, 1.165) is 32.1 Å². The third kappa shape index (κ3) is 4.19. The minimum Gasteiger partial charge on any atom is -0.463 e. The highest BCUT2D eigenvalue weighted by Crippen LogP contribution is 2.62. The normalized spacial score (nSPS) is 34.1. The predicted octanol–water partition coefficient (Wildman–Crippen LogP) is 3.65. The van der Waals surface area contributed by atoms with Crippen molar-refractivity contribution in [1.29, 1.82) is 0 Å². The summed E-state index contributed by atoms with van der Waals surface area (Å²) in [5.41, 5.74) is 2.16. The average molecular weight is 407 g/mol. The number of aliphatic hydroxyl groups excluding tert-OH is 2. The van der Waals surface area contributed by atoms with Crippen LogP contribution in [0.5, 0.6) is 0 Å². The van der Waals surface area contributed by atoms with E-state index in [2.05, 4.69) is 32.9 Å². The maximum absolute atomic E-state index is 13.2. The second-order valence-electron chi connectivity index (χ2n) is 9.60. The monoisotopic (exact) mass is 406 g/mol. The Morgan fingerprint density at radius 1 is 1.24 bits per heavy atom. The molecular formula is C24H38O5. The Labute approximate surface area is 175 Å². The first-order valence-corrected chi connectivity index (χ1v) is 11.3. The highest BCUT2D eigenvalue weighted by Gasteiger charge is 2.59. The summed E-state index contributed by atoms with van der Waals surface area (Å²) in [6, 6.07) is 0. The van der Waals surface area contributed by atoms with Crippen LogP contribution in [0.4, 0.5) is 0 Å². The smallest absolute Gasteiger partial charge is 0.314 e. The van der Waals surface area contributed by atoms with Crippen LogP contribution in [0.15, 0.2) is 23.3 Å². The number of aliphatic hydroxyl groups is 2. The van der Waals surface area contributed by atoms with Gasteiger partial charge < -0.3 is 19.7 Å². The highest BCUT2D eigenvalue weighted by molar-refractivity contribution is 5.78. The molecule has 0 saturated heterocycles. The van der Waals surface area contributed by atoms with Gasteiger partial charge in [-0.05, 0) is 60.8 Å². The zero-order chi connectivity index (χ0) is 21.1. The highest BCUT2D eigenvalue weighted by atomic mass is 16.6. The molecule has 0 aliphatic heterocycles. The van der Waals surface area contributed by atoms with Crippen LogP contribution in [0.1, 0.15) is 59.3 Å². The number of carbonyl (C=O) groups excluding carboxylic acids is 1. The van der Waals surface area contributed by atoms with Gasteiger partial charge in [-0.25, -0.2) is 0 Å². The molecule has 0 bridgehead atoms. The summed E-state index contributed by atoms with van der Waals surface area (Å²) in [4.78, 5) is 13.2. The van der Waals surface area contributed by atoms with Crippen molar-refractivity contribution in [3.8, 4) is 0 Å². The number of carbonyl (C=O) groups is 1. The molecule has 1 saturated carbocycles. The molecule has 3 aliphatic carbocycles. The summed E-state index contributed by atoms with van der Waals surface area (Å²) >= 11 is 0. The molecule has 0 heterocycles. The zero-order valence-corrected chi connectivity index (χ0v) is 18.3. The topological polar surface area (TPSA) is 76.0 Å². The lowest BCUT2D eigenvalue weighted by Gasteiger charge is -2.57. The number of hydrogen-bond acceptors (Lipinski definition) is 5. The molecule has 0 aromatic carbocycles. The second kappa shape index (κ2) is 9.32. The molecule has 3 aliphatic rings. The molecule has 1 unspecified atom stereocenters. The quantitative estimate of drug-likeness (QED) is 0.475. The minimum absolute atomic E-state index is 0.0104. The maximum Gasteiger partial charge on any atom is 0.314 e. The molecule has 0 spiro atoms. The van der Waals surface area contributed by atoms with Crippen LogP contribution in [0, 0.1) is 28.6 Å². The van der Waals surface area contributed by atoms with Crippen LogP contribution in [-0.2, 0) is 14.3 Å². The third-order valence-electron chi connectivity index (χ3n) is 7.79. The van der Waals surface area contributed by atoms with Crippen LogP contribution >= 0.6 is 0 Å². The molecule has 4 atom stereocenters. The summed E-state index contributed by atoms with van der Waals surface area (Å²) < 4.78 is 10.8. The zero-order valence-electron chi connectivity index (χ0n) is 18.3. The van der Waals surface area contributed by atoms with E-state index in [1.54, 1.807) is 0 Å². The van der Waals surface area contributed by atoms with Gasteiger partial charge in [-0.15, -0.1) is 0 Å². The van der Waals surface area contributed by atoms with E-state index in [0.29, 0.717) is 18.3 Å². The first kappa shape index (κ1) is 22.5. The number of allylic oxidation sites excluding steroid dienone is 4. The summed E-state index contributed by atoms with van der Waals surface area (Å²) in [7, 11) is 0.